The van der Waals surface area contributed by atoms with Crippen molar-refractivity contribution in [2.45, 2.75) is 0 Å². The third kappa shape index (κ3) is 2.09. The van der Waals surface area contributed by atoms with Crippen LogP contribution in [-0.2, 0) is 0 Å². The average molecular weight is 294 g/mol. The molecule has 0 unspecified atom stereocenters. The number of nitrogen functional groups attached to an aromatic ring is 1. The van der Waals surface area contributed by atoms with E-state index in [4.69, 9.17) is 16.7 Å². The maximum absolute atomic E-state index is 12.6. The molecule has 4 N–H and O–H groups in total. The third-order valence-electron chi connectivity index (χ3n) is 3.16. The van der Waals surface area contributed by atoms with Crippen LogP contribution in [0.15, 0.2) is 50.7 Å². The van der Waals surface area contributed by atoms with Crippen LogP contribution in [0.2, 0.25) is 0 Å². The summed E-state index contributed by atoms with van der Waals surface area (Å²) in [5.41, 5.74) is 5.75. The molecule has 0 amide bonds. The van der Waals surface area contributed by atoms with E-state index in [1.54, 1.807) is 12.1 Å². The Morgan fingerprint density at radius 1 is 1.23 bits per heavy atom. The van der Waals surface area contributed by atoms with E-state index in [1.807, 2.05) is 0 Å². The van der Waals surface area contributed by atoms with Crippen molar-refractivity contribution in [2.24, 2.45) is 0 Å². The van der Waals surface area contributed by atoms with E-state index in [9.17, 15) is 9.59 Å². The maximum atomic E-state index is 12.6. The van der Waals surface area contributed by atoms with Crippen LogP contribution in [0, 0.1) is 6.57 Å². The molecule has 0 bridgehead atoms. The standard InChI is InChI=1S/C15H10N4O3/c1-17-13-14(21)11(8-4-5-10(20)18-7-8)12(19-15(13)16)9-3-2-6-22-9/h2-7H,(H,18,20)(H3,16,19,21). The molecule has 3 aromatic rings. The number of H-pyrrole nitrogens is 2. The summed E-state index contributed by atoms with van der Waals surface area (Å²) in [6, 6.07) is 6.13. The lowest BCUT2D eigenvalue weighted by Crippen LogP contribution is -2.12. The second-order valence-electron chi connectivity index (χ2n) is 4.50. The number of aromatic amines is 2. The molecule has 0 aromatic carbocycles. The zero-order valence-electron chi connectivity index (χ0n) is 11.2. The fourth-order valence-corrected chi connectivity index (χ4v) is 2.17. The second-order valence-corrected chi connectivity index (χ2v) is 4.50. The maximum Gasteiger partial charge on any atom is 0.272 e. The minimum atomic E-state index is -0.523. The van der Waals surface area contributed by atoms with Gasteiger partial charge in [-0.05, 0) is 18.2 Å². The van der Waals surface area contributed by atoms with Crippen LogP contribution in [0.1, 0.15) is 0 Å². The van der Waals surface area contributed by atoms with Crippen molar-refractivity contribution in [3.05, 3.63) is 68.7 Å². The summed E-state index contributed by atoms with van der Waals surface area (Å²) in [4.78, 5) is 32.3. The molecular formula is C15H10N4O3. The van der Waals surface area contributed by atoms with Crippen molar-refractivity contribution in [3.8, 4) is 22.6 Å². The fourth-order valence-electron chi connectivity index (χ4n) is 2.17. The minimum absolute atomic E-state index is 0.0282. The first kappa shape index (κ1) is 13.5. The lowest BCUT2D eigenvalue weighted by molar-refractivity contribution is 0.580. The summed E-state index contributed by atoms with van der Waals surface area (Å²) < 4.78 is 5.31. The van der Waals surface area contributed by atoms with Crippen LogP contribution in [0.5, 0.6) is 0 Å². The summed E-state index contributed by atoms with van der Waals surface area (Å²) in [6.07, 6.45) is 2.87. The zero-order valence-corrected chi connectivity index (χ0v) is 11.2. The van der Waals surface area contributed by atoms with E-state index in [0.29, 0.717) is 17.0 Å². The molecule has 0 saturated heterocycles. The molecule has 108 valence electrons. The van der Waals surface area contributed by atoms with Crippen LogP contribution in [0.4, 0.5) is 11.5 Å². The number of rotatable bonds is 2. The van der Waals surface area contributed by atoms with Gasteiger partial charge in [-0.2, -0.15) is 0 Å². The van der Waals surface area contributed by atoms with Gasteiger partial charge in [-0.25, -0.2) is 4.85 Å². The van der Waals surface area contributed by atoms with E-state index < -0.39 is 5.43 Å². The van der Waals surface area contributed by atoms with Gasteiger partial charge in [0.1, 0.15) is 5.82 Å². The van der Waals surface area contributed by atoms with Crippen LogP contribution in [0.25, 0.3) is 27.4 Å². The Bertz CT molecular complexity index is 971. The Balaban J connectivity index is 2.40. The van der Waals surface area contributed by atoms with Gasteiger partial charge in [0, 0.05) is 23.4 Å². The van der Waals surface area contributed by atoms with Crippen molar-refractivity contribution >= 4 is 11.5 Å². The van der Waals surface area contributed by atoms with E-state index in [1.165, 1.54) is 24.6 Å². The first-order chi connectivity index (χ1) is 10.6. The Labute approximate surface area is 123 Å². The van der Waals surface area contributed by atoms with Gasteiger partial charge < -0.3 is 24.9 Å². The van der Waals surface area contributed by atoms with Crippen LogP contribution in [0.3, 0.4) is 0 Å². The number of nitrogens with one attached hydrogen (secondary N) is 2. The Morgan fingerprint density at radius 2 is 2.05 bits per heavy atom. The smallest absolute Gasteiger partial charge is 0.272 e. The largest absolute Gasteiger partial charge is 0.463 e. The summed E-state index contributed by atoms with van der Waals surface area (Å²) in [5, 5.41) is 0. The van der Waals surface area contributed by atoms with Gasteiger partial charge in [0.2, 0.25) is 5.56 Å². The van der Waals surface area contributed by atoms with E-state index >= 15 is 0 Å². The molecule has 3 heterocycles. The fraction of sp³-hybridized carbons (Fsp3) is 0. The highest BCUT2D eigenvalue weighted by Crippen LogP contribution is 2.31. The van der Waals surface area contributed by atoms with Crippen LogP contribution >= 0.6 is 0 Å². The van der Waals surface area contributed by atoms with Gasteiger partial charge in [-0.15, -0.1) is 0 Å². The molecule has 0 aliphatic heterocycles. The van der Waals surface area contributed by atoms with E-state index in [2.05, 4.69) is 14.8 Å². The van der Waals surface area contributed by atoms with Crippen LogP contribution in [-0.4, -0.2) is 9.97 Å². The molecule has 7 heteroatoms. The van der Waals surface area contributed by atoms with E-state index in [-0.39, 0.29) is 22.6 Å². The molecule has 0 fully saturated rings. The van der Waals surface area contributed by atoms with Gasteiger partial charge in [0.25, 0.3) is 5.69 Å². The topological polar surface area (TPSA) is 109 Å². The molecular weight excluding hydrogens is 284 g/mol. The quantitative estimate of drug-likeness (QED) is 0.629. The molecule has 0 atom stereocenters. The Kier molecular flexibility index (Phi) is 3.12. The Morgan fingerprint density at radius 3 is 2.64 bits per heavy atom. The lowest BCUT2D eigenvalue weighted by Gasteiger charge is -2.10. The highest BCUT2D eigenvalue weighted by atomic mass is 16.3. The summed E-state index contributed by atoms with van der Waals surface area (Å²) in [6.45, 7) is 7.11. The molecule has 0 aliphatic rings. The van der Waals surface area contributed by atoms with Crippen molar-refractivity contribution < 1.29 is 4.42 Å². The molecule has 3 rings (SSSR count). The number of nitrogens with zero attached hydrogens (tertiary/aromatic N) is 1. The zero-order chi connectivity index (χ0) is 15.7. The Hall–Kier alpha value is -3.53. The number of hydrogen-bond acceptors (Lipinski definition) is 4. The third-order valence-corrected chi connectivity index (χ3v) is 3.16. The molecule has 0 spiro atoms. The summed E-state index contributed by atoms with van der Waals surface area (Å²) >= 11 is 0. The normalized spacial score (nSPS) is 10.3. The molecule has 7 nitrogen and oxygen atoms in total. The second kappa shape index (κ2) is 5.10. The lowest BCUT2D eigenvalue weighted by atomic mass is 10.0. The first-order valence-corrected chi connectivity index (χ1v) is 6.28. The van der Waals surface area contributed by atoms with Crippen molar-refractivity contribution in [1.29, 1.82) is 0 Å². The monoisotopic (exact) mass is 294 g/mol. The number of anilines is 1. The van der Waals surface area contributed by atoms with E-state index in [0.717, 1.165) is 0 Å². The predicted octanol–water partition coefficient (Wildman–Crippen LogP) is 2.12. The predicted molar refractivity (Wildman–Crippen MR) is 81.5 cm³/mol. The highest BCUT2D eigenvalue weighted by molar-refractivity contribution is 5.84. The molecule has 22 heavy (non-hydrogen) atoms. The minimum Gasteiger partial charge on any atom is -0.463 e. The summed E-state index contributed by atoms with van der Waals surface area (Å²) in [5.74, 6) is 0.376. The molecule has 0 saturated carbocycles. The van der Waals surface area contributed by atoms with Crippen molar-refractivity contribution in [2.75, 3.05) is 5.73 Å². The SMILES string of the molecule is [C-]#[N+]c1c(N)[nH]c(-c2ccco2)c(-c2ccc(=O)[nH]c2)c1=O. The molecule has 3 aromatic heterocycles. The number of furan rings is 1. The first-order valence-electron chi connectivity index (χ1n) is 6.28. The summed E-state index contributed by atoms with van der Waals surface area (Å²) in [7, 11) is 0. The van der Waals surface area contributed by atoms with Crippen molar-refractivity contribution in [1.82, 2.24) is 9.97 Å². The van der Waals surface area contributed by atoms with Gasteiger partial charge >= 0.3 is 0 Å². The number of hydrogen-bond donors (Lipinski definition) is 3. The van der Waals surface area contributed by atoms with Crippen LogP contribution < -0.4 is 16.7 Å². The van der Waals surface area contributed by atoms with Gasteiger partial charge in [0.15, 0.2) is 11.2 Å². The number of nitrogens with two attached hydrogens (primary N) is 1. The van der Waals surface area contributed by atoms with Gasteiger partial charge in [-0.3, -0.25) is 4.79 Å². The van der Waals surface area contributed by atoms with Crippen molar-refractivity contribution in [3.63, 3.8) is 0 Å². The highest BCUT2D eigenvalue weighted by Gasteiger charge is 2.19. The van der Waals surface area contributed by atoms with Gasteiger partial charge in [-0.1, -0.05) is 0 Å². The average Bonchev–Trinajstić information content (AvgIpc) is 3.03. The molecule has 0 aliphatic carbocycles. The number of aromatic nitrogens is 2. The number of pyridine rings is 2. The molecule has 0 radical (unpaired) electrons. The van der Waals surface area contributed by atoms with Gasteiger partial charge in [0.05, 0.1) is 18.5 Å².